The van der Waals surface area contributed by atoms with Gasteiger partial charge in [-0.05, 0) is 34.5 Å². The summed E-state index contributed by atoms with van der Waals surface area (Å²) in [4.78, 5) is 17.2. The fraction of sp³-hybridized carbons (Fsp3) is 0.467. The first-order chi connectivity index (χ1) is 11.3. The first-order valence-electron chi connectivity index (χ1n) is 7.57. The van der Waals surface area contributed by atoms with Crippen molar-refractivity contribution in [3.63, 3.8) is 0 Å². The highest BCUT2D eigenvalue weighted by atomic mass is 79.9. The second-order valence-electron chi connectivity index (χ2n) is 6.14. The molecular formula is C15H19BrFN5O2. The standard InChI is InChI=1S/C15H19BrFN5O2/c1-7-3-10-13(11(16)12(7)18)20-14(21(10)2)22-5-8(17)4-9(6-22)19-15(23)24/h3,8-9,19H,4-6,18H2,1-2H3,(H,23,24)/t8-,9-/m1/s1. The number of fused-ring (bicyclic) bond motifs is 1. The number of hydrogen-bond acceptors (Lipinski definition) is 4. The van der Waals surface area contributed by atoms with Crippen LogP contribution in [-0.2, 0) is 7.05 Å². The number of anilines is 2. The van der Waals surface area contributed by atoms with Crippen LogP contribution in [0.2, 0.25) is 0 Å². The molecule has 1 amide bonds. The van der Waals surface area contributed by atoms with E-state index < -0.39 is 18.3 Å². The Kier molecular flexibility index (Phi) is 4.29. The molecule has 3 rings (SSSR count). The van der Waals surface area contributed by atoms with Crippen LogP contribution in [0, 0.1) is 6.92 Å². The molecule has 24 heavy (non-hydrogen) atoms. The lowest BCUT2D eigenvalue weighted by atomic mass is 10.0. The lowest BCUT2D eigenvalue weighted by molar-refractivity contribution is 0.180. The topological polar surface area (TPSA) is 96.4 Å². The van der Waals surface area contributed by atoms with Gasteiger partial charge in [-0.1, -0.05) is 0 Å². The van der Waals surface area contributed by atoms with Crippen molar-refractivity contribution in [2.45, 2.75) is 25.6 Å². The number of aryl methyl sites for hydroxylation is 2. The molecule has 0 saturated carbocycles. The number of benzene rings is 1. The van der Waals surface area contributed by atoms with Crippen LogP contribution in [0.4, 0.5) is 20.8 Å². The molecule has 2 heterocycles. The predicted molar refractivity (Wildman–Crippen MR) is 94.2 cm³/mol. The van der Waals surface area contributed by atoms with Crippen LogP contribution in [0.5, 0.6) is 0 Å². The van der Waals surface area contributed by atoms with Crippen LogP contribution in [0.1, 0.15) is 12.0 Å². The molecule has 1 aromatic carbocycles. The average molecular weight is 400 g/mol. The van der Waals surface area contributed by atoms with Crippen molar-refractivity contribution in [2.75, 3.05) is 23.7 Å². The van der Waals surface area contributed by atoms with Crippen molar-refractivity contribution < 1.29 is 14.3 Å². The van der Waals surface area contributed by atoms with Crippen LogP contribution >= 0.6 is 15.9 Å². The Morgan fingerprint density at radius 2 is 2.25 bits per heavy atom. The lowest BCUT2D eigenvalue weighted by Crippen LogP contribution is -2.52. The molecule has 0 unspecified atom stereocenters. The number of aromatic nitrogens is 2. The summed E-state index contributed by atoms with van der Waals surface area (Å²) in [5.41, 5.74) is 9.18. The van der Waals surface area contributed by atoms with Crippen molar-refractivity contribution in [3.8, 4) is 0 Å². The Morgan fingerprint density at radius 1 is 1.54 bits per heavy atom. The summed E-state index contributed by atoms with van der Waals surface area (Å²) < 4.78 is 16.7. The van der Waals surface area contributed by atoms with Gasteiger partial charge in [-0.2, -0.15) is 0 Å². The van der Waals surface area contributed by atoms with Crippen molar-refractivity contribution >= 4 is 44.7 Å². The van der Waals surface area contributed by atoms with Crippen molar-refractivity contribution in [1.29, 1.82) is 0 Å². The Bertz CT molecular complexity index is 809. The van der Waals surface area contributed by atoms with E-state index in [9.17, 15) is 9.18 Å². The summed E-state index contributed by atoms with van der Waals surface area (Å²) in [5, 5.41) is 11.2. The second-order valence-corrected chi connectivity index (χ2v) is 6.94. The third kappa shape index (κ3) is 2.88. The zero-order valence-corrected chi connectivity index (χ0v) is 15.0. The van der Waals surface area contributed by atoms with Gasteiger partial charge in [0.1, 0.15) is 11.7 Å². The van der Waals surface area contributed by atoms with Gasteiger partial charge in [0.05, 0.1) is 28.3 Å². The van der Waals surface area contributed by atoms with E-state index in [1.807, 2.05) is 24.6 Å². The second kappa shape index (κ2) is 6.12. The van der Waals surface area contributed by atoms with E-state index in [1.54, 1.807) is 4.90 Å². The summed E-state index contributed by atoms with van der Waals surface area (Å²) in [6.07, 6.45) is -2.10. The molecule has 1 fully saturated rings. The molecule has 9 heteroatoms. The number of hydrogen-bond donors (Lipinski definition) is 3. The maximum absolute atomic E-state index is 14.1. The minimum atomic E-state index is -1.15. The summed E-state index contributed by atoms with van der Waals surface area (Å²) in [6, 6.07) is 1.47. The summed E-state index contributed by atoms with van der Waals surface area (Å²) in [7, 11) is 1.86. The molecule has 1 aliphatic rings. The molecule has 0 aliphatic carbocycles. The minimum Gasteiger partial charge on any atom is -0.465 e. The van der Waals surface area contributed by atoms with Gasteiger partial charge in [-0.15, -0.1) is 0 Å². The Hall–Kier alpha value is -2.03. The number of nitrogens with two attached hydrogens (primary N) is 1. The van der Waals surface area contributed by atoms with Gasteiger partial charge < -0.3 is 25.6 Å². The van der Waals surface area contributed by atoms with E-state index in [4.69, 9.17) is 10.8 Å². The molecule has 4 N–H and O–H groups in total. The van der Waals surface area contributed by atoms with Crippen LogP contribution in [0.15, 0.2) is 10.5 Å². The number of carbonyl (C=O) groups is 1. The summed E-state index contributed by atoms with van der Waals surface area (Å²) in [5.74, 6) is 0.593. The number of amides is 1. The smallest absolute Gasteiger partial charge is 0.404 e. The highest BCUT2D eigenvalue weighted by Gasteiger charge is 2.31. The lowest BCUT2D eigenvalue weighted by Gasteiger charge is -2.35. The van der Waals surface area contributed by atoms with Gasteiger partial charge >= 0.3 is 6.09 Å². The number of carboxylic acid groups (broad SMARTS) is 1. The molecule has 2 atom stereocenters. The molecule has 1 aliphatic heterocycles. The van der Waals surface area contributed by atoms with Gasteiger partial charge in [0.25, 0.3) is 0 Å². The van der Waals surface area contributed by atoms with Gasteiger partial charge in [-0.25, -0.2) is 14.2 Å². The minimum absolute atomic E-state index is 0.169. The zero-order chi connectivity index (χ0) is 17.6. The van der Waals surface area contributed by atoms with E-state index in [-0.39, 0.29) is 13.0 Å². The van der Waals surface area contributed by atoms with Crippen molar-refractivity contribution in [3.05, 3.63) is 16.1 Å². The Labute approximate surface area is 146 Å². The maximum atomic E-state index is 14.1. The van der Waals surface area contributed by atoms with Gasteiger partial charge in [0.15, 0.2) is 0 Å². The number of nitrogens with one attached hydrogen (secondary N) is 1. The van der Waals surface area contributed by atoms with E-state index in [2.05, 4.69) is 26.2 Å². The molecule has 0 bridgehead atoms. The third-order valence-electron chi connectivity index (χ3n) is 4.35. The zero-order valence-electron chi connectivity index (χ0n) is 13.4. The first kappa shape index (κ1) is 16.8. The van der Waals surface area contributed by atoms with Crippen LogP contribution in [0.3, 0.4) is 0 Å². The molecule has 0 spiro atoms. The number of halogens is 2. The molecule has 7 nitrogen and oxygen atoms in total. The summed E-state index contributed by atoms with van der Waals surface area (Å²) in [6.45, 7) is 2.47. The van der Waals surface area contributed by atoms with Gasteiger partial charge in [-0.3, -0.25) is 0 Å². The van der Waals surface area contributed by atoms with Crippen molar-refractivity contribution in [1.82, 2.24) is 14.9 Å². The fourth-order valence-electron chi connectivity index (χ4n) is 3.17. The average Bonchev–Trinajstić information content (AvgIpc) is 2.81. The molecule has 130 valence electrons. The normalized spacial score (nSPS) is 21.2. The Balaban J connectivity index is 2.01. The molecule has 2 aromatic rings. The van der Waals surface area contributed by atoms with Crippen LogP contribution in [0.25, 0.3) is 11.0 Å². The van der Waals surface area contributed by atoms with Crippen LogP contribution in [-0.4, -0.2) is 46.1 Å². The first-order valence-corrected chi connectivity index (χ1v) is 8.36. The van der Waals surface area contributed by atoms with E-state index >= 15 is 0 Å². The maximum Gasteiger partial charge on any atom is 0.404 e. The van der Waals surface area contributed by atoms with E-state index in [0.717, 1.165) is 11.1 Å². The molecule has 1 aromatic heterocycles. The fourth-order valence-corrected chi connectivity index (χ4v) is 3.78. The highest BCUT2D eigenvalue weighted by Crippen LogP contribution is 2.34. The third-order valence-corrected chi connectivity index (χ3v) is 5.15. The van der Waals surface area contributed by atoms with E-state index in [0.29, 0.717) is 28.2 Å². The van der Waals surface area contributed by atoms with Crippen LogP contribution < -0.4 is 16.0 Å². The number of rotatable bonds is 2. The molecule has 0 radical (unpaired) electrons. The number of nitrogen functional groups attached to an aromatic ring is 1. The van der Waals surface area contributed by atoms with E-state index in [1.165, 1.54) is 0 Å². The summed E-state index contributed by atoms with van der Waals surface area (Å²) >= 11 is 3.48. The van der Waals surface area contributed by atoms with Gasteiger partial charge in [0, 0.05) is 20.0 Å². The van der Waals surface area contributed by atoms with Crippen molar-refractivity contribution in [2.24, 2.45) is 7.05 Å². The number of piperidine rings is 1. The number of imidazole rings is 1. The Morgan fingerprint density at radius 3 is 2.92 bits per heavy atom. The van der Waals surface area contributed by atoms with Gasteiger partial charge in [0.2, 0.25) is 5.95 Å². The predicted octanol–water partition coefficient (Wildman–Crippen LogP) is 2.41. The quantitative estimate of drug-likeness (QED) is 0.673. The monoisotopic (exact) mass is 399 g/mol. The number of nitrogens with zero attached hydrogens (tertiary/aromatic N) is 3. The number of alkyl halides is 1. The SMILES string of the molecule is Cc1cc2c(nc(N3C[C@H](F)C[C@@H](NC(=O)O)C3)n2C)c(Br)c1N. The molecular weight excluding hydrogens is 381 g/mol. The highest BCUT2D eigenvalue weighted by molar-refractivity contribution is 9.10. The largest absolute Gasteiger partial charge is 0.465 e. The molecule has 1 saturated heterocycles.